The van der Waals surface area contributed by atoms with E-state index < -0.39 is 0 Å². The molecule has 140 valence electrons. The summed E-state index contributed by atoms with van der Waals surface area (Å²) in [6.07, 6.45) is 7.00. The number of nitrogens with zero attached hydrogens (tertiary/aromatic N) is 2. The lowest BCUT2D eigenvalue weighted by Gasteiger charge is -2.29. The zero-order chi connectivity index (χ0) is 16.4. The molecule has 0 saturated carbocycles. The van der Waals surface area contributed by atoms with Crippen molar-refractivity contribution in [1.82, 2.24) is 15.5 Å². The first-order valence-corrected chi connectivity index (χ1v) is 10.1. The molecule has 0 spiro atoms. The highest BCUT2D eigenvalue weighted by Gasteiger charge is 2.41. The van der Waals surface area contributed by atoms with Gasteiger partial charge in [-0.05, 0) is 56.6 Å². The predicted octanol–water partition coefficient (Wildman–Crippen LogP) is 2.99. The number of ether oxygens (including phenoxy) is 1. The molecule has 0 aromatic carbocycles. The number of thiophene rings is 1. The van der Waals surface area contributed by atoms with Crippen molar-refractivity contribution in [3.63, 3.8) is 0 Å². The van der Waals surface area contributed by atoms with Crippen molar-refractivity contribution in [2.45, 2.75) is 56.4 Å². The third-order valence-corrected chi connectivity index (χ3v) is 6.54. The van der Waals surface area contributed by atoms with Crippen molar-refractivity contribution in [2.75, 3.05) is 26.7 Å². The molecular weight excluding hydrogens is 447 g/mol. The minimum Gasteiger partial charge on any atom is -0.373 e. The summed E-state index contributed by atoms with van der Waals surface area (Å²) in [5.41, 5.74) is 0. The quantitative estimate of drug-likeness (QED) is 0.390. The fourth-order valence-electron chi connectivity index (χ4n) is 4.30. The SMILES string of the molecule is CN=C(NCC(c1cccs1)N1CCCC1)NC1CC2CCC1O2.I. The maximum Gasteiger partial charge on any atom is 0.191 e. The summed E-state index contributed by atoms with van der Waals surface area (Å²) < 4.78 is 5.94. The monoisotopic (exact) mass is 476 g/mol. The zero-order valence-corrected chi connectivity index (χ0v) is 18.0. The molecule has 25 heavy (non-hydrogen) atoms. The van der Waals surface area contributed by atoms with Gasteiger partial charge >= 0.3 is 0 Å². The minimum absolute atomic E-state index is 0. The van der Waals surface area contributed by atoms with Crippen molar-refractivity contribution in [3.05, 3.63) is 22.4 Å². The summed E-state index contributed by atoms with van der Waals surface area (Å²) in [5, 5.41) is 9.34. The number of aliphatic imine (C=N–C) groups is 1. The molecule has 0 aliphatic carbocycles. The molecular formula is C18H29IN4OS. The Balaban J connectivity index is 0.00000182. The van der Waals surface area contributed by atoms with Gasteiger partial charge in [-0.25, -0.2) is 0 Å². The molecule has 2 bridgehead atoms. The lowest BCUT2D eigenvalue weighted by atomic mass is 9.96. The van der Waals surface area contributed by atoms with E-state index in [0.29, 0.717) is 24.3 Å². The maximum absolute atomic E-state index is 5.94. The van der Waals surface area contributed by atoms with Crippen LogP contribution < -0.4 is 10.6 Å². The Labute approximate surface area is 171 Å². The summed E-state index contributed by atoms with van der Waals surface area (Å²) in [6.45, 7) is 3.31. The van der Waals surface area contributed by atoms with Crippen LogP contribution in [0, 0.1) is 0 Å². The van der Waals surface area contributed by atoms with E-state index in [1.54, 1.807) is 0 Å². The fourth-order valence-corrected chi connectivity index (χ4v) is 5.16. The van der Waals surface area contributed by atoms with E-state index >= 15 is 0 Å². The van der Waals surface area contributed by atoms with Gasteiger partial charge in [0.2, 0.25) is 0 Å². The van der Waals surface area contributed by atoms with E-state index in [0.717, 1.165) is 18.9 Å². The van der Waals surface area contributed by atoms with Crippen LogP contribution in [0.1, 0.15) is 43.0 Å². The first-order chi connectivity index (χ1) is 11.8. The molecule has 7 heteroatoms. The van der Waals surface area contributed by atoms with Crippen molar-refractivity contribution in [3.8, 4) is 0 Å². The second kappa shape index (κ2) is 9.01. The Morgan fingerprint density at radius 1 is 1.40 bits per heavy atom. The molecule has 3 aliphatic heterocycles. The minimum atomic E-state index is 0. The highest BCUT2D eigenvalue weighted by molar-refractivity contribution is 14.0. The van der Waals surface area contributed by atoms with E-state index in [2.05, 4.69) is 38.0 Å². The van der Waals surface area contributed by atoms with Gasteiger partial charge in [-0.2, -0.15) is 0 Å². The smallest absolute Gasteiger partial charge is 0.191 e. The summed E-state index contributed by atoms with van der Waals surface area (Å²) in [6, 6.07) is 5.28. The molecule has 2 N–H and O–H groups in total. The molecule has 0 radical (unpaired) electrons. The van der Waals surface area contributed by atoms with E-state index in [1.165, 1.54) is 43.6 Å². The zero-order valence-electron chi connectivity index (χ0n) is 14.8. The van der Waals surface area contributed by atoms with Crippen molar-refractivity contribution in [1.29, 1.82) is 0 Å². The maximum atomic E-state index is 5.94. The van der Waals surface area contributed by atoms with Crippen LogP contribution in [0.15, 0.2) is 22.5 Å². The Morgan fingerprint density at radius 2 is 2.24 bits per heavy atom. The Bertz CT molecular complexity index is 561. The van der Waals surface area contributed by atoms with Crippen molar-refractivity contribution >= 4 is 41.3 Å². The Morgan fingerprint density at radius 3 is 2.84 bits per heavy atom. The van der Waals surface area contributed by atoms with Crippen LogP contribution in [0.5, 0.6) is 0 Å². The third-order valence-electron chi connectivity index (χ3n) is 5.57. The number of halogens is 1. The van der Waals surface area contributed by atoms with Gasteiger partial charge in [0.15, 0.2) is 5.96 Å². The number of likely N-dealkylation sites (tertiary alicyclic amines) is 1. The largest absolute Gasteiger partial charge is 0.373 e. The van der Waals surface area contributed by atoms with Crippen LogP contribution in [0.25, 0.3) is 0 Å². The van der Waals surface area contributed by atoms with Crippen molar-refractivity contribution in [2.24, 2.45) is 4.99 Å². The van der Waals surface area contributed by atoms with E-state index in [9.17, 15) is 0 Å². The second-order valence-electron chi connectivity index (χ2n) is 7.09. The number of guanidine groups is 1. The van der Waals surface area contributed by atoms with E-state index in [4.69, 9.17) is 4.74 Å². The van der Waals surface area contributed by atoms with Gasteiger partial charge in [0.25, 0.3) is 0 Å². The van der Waals surface area contributed by atoms with Gasteiger partial charge < -0.3 is 15.4 Å². The molecule has 3 saturated heterocycles. The normalized spacial score (nSPS) is 30.3. The highest BCUT2D eigenvalue weighted by atomic mass is 127. The molecule has 3 fully saturated rings. The average Bonchev–Trinajstić information content (AvgIpc) is 3.38. The summed E-state index contributed by atoms with van der Waals surface area (Å²) in [5.74, 6) is 0.914. The lowest BCUT2D eigenvalue weighted by molar-refractivity contribution is 0.0992. The predicted molar refractivity (Wildman–Crippen MR) is 114 cm³/mol. The summed E-state index contributed by atoms with van der Waals surface area (Å²) in [7, 11) is 1.86. The average molecular weight is 476 g/mol. The number of hydrogen-bond donors (Lipinski definition) is 2. The molecule has 4 heterocycles. The number of hydrogen-bond acceptors (Lipinski definition) is 4. The Hall–Kier alpha value is -0.380. The van der Waals surface area contributed by atoms with Gasteiger partial charge in [-0.15, -0.1) is 35.3 Å². The van der Waals surface area contributed by atoms with Gasteiger partial charge in [0.1, 0.15) is 0 Å². The summed E-state index contributed by atoms with van der Waals surface area (Å²) >= 11 is 1.86. The standard InChI is InChI=1S/C18H28N4OS.HI/c1-19-18(21-14-11-13-6-7-16(14)23-13)20-12-15(17-5-4-10-24-17)22-8-2-3-9-22;/h4-5,10,13-16H,2-3,6-9,11-12H2,1H3,(H2,19,20,21);1H. The van der Waals surface area contributed by atoms with E-state index in [1.807, 2.05) is 18.4 Å². The number of nitrogens with one attached hydrogen (secondary N) is 2. The van der Waals surface area contributed by atoms with Gasteiger partial charge in [0, 0.05) is 18.5 Å². The van der Waals surface area contributed by atoms with Gasteiger partial charge in [-0.1, -0.05) is 6.07 Å². The fraction of sp³-hybridized carbons (Fsp3) is 0.722. The van der Waals surface area contributed by atoms with E-state index in [-0.39, 0.29) is 24.0 Å². The lowest BCUT2D eigenvalue weighted by Crippen LogP contribution is -2.49. The van der Waals surface area contributed by atoms with Gasteiger partial charge in [-0.3, -0.25) is 9.89 Å². The first kappa shape index (κ1) is 19.4. The van der Waals surface area contributed by atoms with Crippen LogP contribution >= 0.6 is 35.3 Å². The van der Waals surface area contributed by atoms with Gasteiger partial charge in [0.05, 0.1) is 24.3 Å². The molecule has 4 atom stereocenters. The van der Waals surface area contributed by atoms with Crippen molar-refractivity contribution < 1.29 is 4.74 Å². The topological polar surface area (TPSA) is 48.9 Å². The molecule has 1 aromatic heterocycles. The number of rotatable bonds is 5. The summed E-state index contributed by atoms with van der Waals surface area (Å²) in [4.78, 5) is 8.49. The van der Waals surface area contributed by atoms with Crippen LogP contribution in [-0.2, 0) is 4.74 Å². The molecule has 3 aliphatic rings. The number of fused-ring (bicyclic) bond motifs is 2. The second-order valence-corrected chi connectivity index (χ2v) is 8.07. The van der Waals surface area contributed by atoms with Crippen LogP contribution in [0.2, 0.25) is 0 Å². The molecule has 0 amide bonds. The van der Waals surface area contributed by atoms with Crippen LogP contribution in [-0.4, -0.2) is 55.8 Å². The van der Waals surface area contributed by atoms with Crippen LogP contribution in [0.4, 0.5) is 0 Å². The Kier molecular flexibility index (Phi) is 6.99. The first-order valence-electron chi connectivity index (χ1n) is 9.23. The highest BCUT2D eigenvalue weighted by Crippen LogP contribution is 2.34. The molecule has 1 aromatic rings. The third kappa shape index (κ3) is 4.48. The molecule has 4 unspecified atom stereocenters. The molecule has 4 rings (SSSR count). The van der Waals surface area contributed by atoms with Crippen LogP contribution in [0.3, 0.4) is 0 Å². The molecule has 5 nitrogen and oxygen atoms in total.